The standard InChI is InChI=1S/C57H101NO8/c1-6-8-10-12-14-16-18-20-22-24-26-28-30-32-34-36-38-40-42-44-46-48-55(60)66-53(52-65-57(56(61)62)63-50-49-58(3,4)5)51-64-54(59)47-45-43-41-39-37-35-33-31-29-27-25-23-21-19-17-15-13-11-9-7-2/h8,10,14,16,20,22,26,28,32,34,53,57H,6-7,9,11-13,15,17-19,21,23-25,27,29-31,33,35-52H2,1-5H3/b10-8-,16-14-,22-20-,28-26-,34-32-. The molecule has 9 nitrogen and oxygen atoms in total. The van der Waals surface area contributed by atoms with E-state index in [1.54, 1.807) is 0 Å². The number of carboxylic acid groups (broad SMARTS) is 1. The number of nitrogens with zero attached hydrogens (tertiary/aromatic N) is 1. The maximum Gasteiger partial charge on any atom is 0.306 e. The molecule has 2 unspecified atom stereocenters. The second kappa shape index (κ2) is 48.4. The normalized spacial score (nSPS) is 13.3. The molecule has 0 amide bonds. The predicted molar refractivity (Wildman–Crippen MR) is 274 cm³/mol. The van der Waals surface area contributed by atoms with Crippen LogP contribution in [-0.2, 0) is 33.3 Å². The maximum atomic E-state index is 12.8. The Morgan fingerprint density at radius 1 is 0.470 bits per heavy atom. The molecule has 0 rings (SSSR count). The van der Waals surface area contributed by atoms with E-state index in [2.05, 4.69) is 74.6 Å². The molecule has 0 radical (unpaired) electrons. The average molecular weight is 928 g/mol. The fourth-order valence-corrected chi connectivity index (χ4v) is 7.39. The van der Waals surface area contributed by atoms with Crippen LogP contribution in [0.4, 0.5) is 0 Å². The summed E-state index contributed by atoms with van der Waals surface area (Å²) >= 11 is 0. The topological polar surface area (TPSA) is 111 Å². The molecule has 0 spiro atoms. The van der Waals surface area contributed by atoms with Gasteiger partial charge in [-0.3, -0.25) is 9.59 Å². The highest BCUT2D eigenvalue weighted by Gasteiger charge is 2.22. The molecule has 0 aliphatic carbocycles. The van der Waals surface area contributed by atoms with E-state index in [0.29, 0.717) is 17.4 Å². The monoisotopic (exact) mass is 928 g/mol. The van der Waals surface area contributed by atoms with Gasteiger partial charge in [0, 0.05) is 12.8 Å². The van der Waals surface area contributed by atoms with Crippen LogP contribution in [-0.4, -0.2) is 82.3 Å². The van der Waals surface area contributed by atoms with Gasteiger partial charge in [0.25, 0.3) is 0 Å². The number of unbranched alkanes of at least 4 members (excludes halogenated alkanes) is 24. The van der Waals surface area contributed by atoms with Crippen molar-refractivity contribution in [1.29, 1.82) is 0 Å². The van der Waals surface area contributed by atoms with Gasteiger partial charge in [0.15, 0.2) is 12.4 Å². The van der Waals surface area contributed by atoms with Crippen molar-refractivity contribution in [3.8, 4) is 0 Å². The summed E-state index contributed by atoms with van der Waals surface area (Å²) in [4.78, 5) is 37.2. The largest absolute Gasteiger partial charge is 0.545 e. The molecule has 0 aromatic heterocycles. The number of carbonyl (C=O) groups excluding carboxylic acids is 3. The molecule has 0 aliphatic rings. The second-order valence-corrected chi connectivity index (χ2v) is 19.1. The Morgan fingerprint density at radius 2 is 0.864 bits per heavy atom. The highest BCUT2D eigenvalue weighted by molar-refractivity contribution is 5.70. The second-order valence-electron chi connectivity index (χ2n) is 19.1. The molecule has 0 aromatic carbocycles. The van der Waals surface area contributed by atoms with E-state index in [1.807, 2.05) is 21.1 Å². The molecule has 0 fully saturated rings. The summed E-state index contributed by atoms with van der Waals surface area (Å²) in [6, 6.07) is 0. The third-order valence-corrected chi connectivity index (χ3v) is 11.5. The summed E-state index contributed by atoms with van der Waals surface area (Å²) in [6.07, 6.45) is 56.8. The van der Waals surface area contributed by atoms with Crippen LogP contribution in [0.3, 0.4) is 0 Å². The SMILES string of the molecule is CC/C=C\C/C=C\C/C=C\C/C=C\C/C=C\CCCCCCCC(=O)OC(COC(=O)CCCCCCCCCCCCCCCCCCCCCC)COC(OCC[N+](C)(C)C)C(=O)[O-]. The minimum Gasteiger partial charge on any atom is -0.545 e. The van der Waals surface area contributed by atoms with Gasteiger partial charge >= 0.3 is 11.9 Å². The van der Waals surface area contributed by atoms with Crippen molar-refractivity contribution in [2.24, 2.45) is 0 Å². The zero-order chi connectivity index (χ0) is 48.4. The average Bonchev–Trinajstić information content (AvgIpc) is 3.28. The molecule has 0 N–H and O–H groups in total. The first-order valence-corrected chi connectivity index (χ1v) is 26.9. The maximum absolute atomic E-state index is 12.8. The lowest BCUT2D eigenvalue weighted by Crippen LogP contribution is -2.44. The number of hydrogen-bond acceptors (Lipinski definition) is 8. The number of likely N-dealkylation sites (N-methyl/N-ethyl adjacent to an activating group) is 1. The van der Waals surface area contributed by atoms with Crippen LogP contribution in [0.5, 0.6) is 0 Å². The minimum atomic E-state index is -1.63. The van der Waals surface area contributed by atoms with Crippen molar-refractivity contribution in [1.82, 2.24) is 0 Å². The number of ether oxygens (including phenoxy) is 4. The lowest BCUT2D eigenvalue weighted by atomic mass is 10.0. The summed E-state index contributed by atoms with van der Waals surface area (Å²) in [5.41, 5.74) is 0. The van der Waals surface area contributed by atoms with Crippen molar-refractivity contribution in [2.75, 3.05) is 47.5 Å². The molecule has 0 heterocycles. The van der Waals surface area contributed by atoms with E-state index in [9.17, 15) is 19.5 Å². The number of allylic oxidation sites excluding steroid dienone is 10. The Morgan fingerprint density at radius 3 is 1.29 bits per heavy atom. The van der Waals surface area contributed by atoms with Crippen molar-refractivity contribution < 1.29 is 42.9 Å². The van der Waals surface area contributed by atoms with Crippen LogP contribution in [0.25, 0.3) is 0 Å². The minimum absolute atomic E-state index is 0.142. The lowest BCUT2D eigenvalue weighted by Gasteiger charge is -2.26. The Balaban J connectivity index is 4.34. The van der Waals surface area contributed by atoms with Gasteiger partial charge in [0.1, 0.15) is 13.2 Å². The van der Waals surface area contributed by atoms with E-state index in [1.165, 1.54) is 109 Å². The van der Waals surface area contributed by atoms with Crippen LogP contribution in [0.1, 0.15) is 226 Å². The number of esters is 2. The smallest absolute Gasteiger partial charge is 0.306 e. The molecule has 0 aromatic rings. The molecule has 0 bridgehead atoms. The van der Waals surface area contributed by atoms with E-state index < -0.39 is 24.3 Å². The first-order valence-electron chi connectivity index (χ1n) is 26.9. The van der Waals surface area contributed by atoms with Gasteiger partial charge in [-0.1, -0.05) is 216 Å². The summed E-state index contributed by atoms with van der Waals surface area (Å²) in [6.45, 7) is 4.63. The number of carbonyl (C=O) groups is 3. The predicted octanol–water partition coefficient (Wildman–Crippen LogP) is 14.0. The van der Waals surface area contributed by atoms with Crippen molar-refractivity contribution in [3.05, 3.63) is 60.8 Å². The molecular formula is C57H101NO8. The fourth-order valence-electron chi connectivity index (χ4n) is 7.39. The number of hydrogen-bond donors (Lipinski definition) is 0. The quantitative estimate of drug-likeness (QED) is 0.0195. The number of aliphatic carboxylic acids is 1. The summed E-state index contributed by atoms with van der Waals surface area (Å²) < 4.78 is 22.6. The van der Waals surface area contributed by atoms with Crippen molar-refractivity contribution in [3.63, 3.8) is 0 Å². The summed E-state index contributed by atoms with van der Waals surface area (Å²) in [5, 5.41) is 11.7. The third kappa shape index (κ3) is 48.9. The van der Waals surface area contributed by atoms with E-state index in [0.717, 1.165) is 83.5 Å². The van der Waals surface area contributed by atoms with E-state index in [-0.39, 0.29) is 38.6 Å². The summed E-state index contributed by atoms with van der Waals surface area (Å²) in [5.74, 6) is -2.30. The molecule has 2 atom stereocenters. The van der Waals surface area contributed by atoms with Crippen LogP contribution < -0.4 is 5.11 Å². The van der Waals surface area contributed by atoms with Crippen LogP contribution in [0.15, 0.2) is 60.8 Å². The molecule has 66 heavy (non-hydrogen) atoms. The van der Waals surface area contributed by atoms with Gasteiger partial charge in [0.2, 0.25) is 0 Å². The molecule has 0 aliphatic heterocycles. The zero-order valence-electron chi connectivity index (χ0n) is 43.3. The van der Waals surface area contributed by atoms with E-state index in [4.69, 9.17) is 18.9 Å². The van der Waals surface area contributed by atoms with Crippen LogP contribution in [0.2, 0.25) is 0 Å². The highest BCUT2D eigenvalue weighted by atomic mass is 16.7. The van der Waals surface area contributed by atoms with Gasteiger partial charge in [-0.15, -0.1) is 0 Å². The molecule has 0 saturated carbocycles. The van der Waals surface area contributed by atoms with Gasteiger partial charge in [0.05, 0.1) is 40.3 Å². The summed E-state index contributed by atoms with van der Waals surface area (Å²) in [7, 11) is 5.91. The van der Waals surface area contributed by atoms with Crippen LogP contribution in [0, 0.1) is 0 Å². The number of carboxylic acids is 1. The Bertz CT molecular complexity index is 1270. The fraction of sp³-hybridized carbons (Fsp3) is 0.772. The van der Waals surface area contributed by atoms with Crippen molar-refractivity contribution in [2.45, 2.75) is 238 Å². The Kier molecular flexibility index (Phi) is 46.2. The highest BCUT2D eigenvalue weighted by Crippen LogP contribution is 2.16. The van der Waals surface area contributed by atoms with Gasteiger partial charge in [-0.2, -0.15) is 0 Å². The third-order valence-electron chi connectivity index (χ3n) is 11.5. The van der Waals surface area contributed by atoms with Gasteiger partial charge < -0.3 is 33.3 Å². The Labute approximate surface area is 405 Å². The van der Waals surface area contributed by atoms with E-state index >= 15 is 0 Å². The first-order chi connectivity index (χ1) is 32.1. The molecule has 382 valence electrons. The number of quaternary nitrogens is 1. The van der Waals surface area contributed by atoms with Crippen molar-refractivity contribution >= 4 is 17.9 Å². The number of rotatable bonds is 49. The lowest BCUT2D eigenvalue weighted by molar-refractivity contribution is -0.870. The van der Waals surface area contributed by atoms with Crippen LogP contribution >= 0.6 is 0 Å². The molecule has 0 saturated heterocycles. The first kappa shape index (κ1) is 63.0. The van der Waals surface area contributed by atoms with Gasteiger partial charge in [-0.05, 0) is 57.8 Å². The molecule has 9 heteroatoms. The zero-order valence-corrected chi connectivity index (χ0v) is 43.3. The van der Waals surface area contributed by atoms with Gasteiger partial charge in [-0.25, -0.2) is 0 Å². The Hall–Kier alpha value is -3.01. The molecular weight excluding hydrogens is 827 g/mol.